The van der Waals surface area contributed by atoms with Crippen LogP contribution in [0.25, 0.3) is 0 Å². The number of halogens is 3. The molecule has 2 heterocycles. The summed E-state index contributed by atoms with van der Waals surface area (Å²) in [6.45, 7) is 1.25. The first kappa shape index (κ1) is 13.3. The summed E-state index contributed by atoms with van der Waals surface area (Å²) in [5.74, 6) is 0.573. The van der Waals surface area contributed by atoms with Crippen LogP contribution in [-0.4, -0.2) is 36.1 Å². The zero-order chi connectivity index (χ0) is 13.2. The minimum absolute atomic E-state index is 0.0531. The van der Waals surface area contributed by atoms with Gasteiger partial charge in [-0.05, 0) is 13.3 Å². The van der Waals surface area contributed by atoms with E-state index in [-0.39, 0.29) is 11.8 Å². The Morgan fingerprint density at radius 1 is 1.50 bits per heavy atom. The summed E-state index contributed by atoms with van der Waals surface area (Å²) in [4.78, 5) is 4.04. The molecule has 0 aliphatic carbocycles. The summed E-state index contributed by atoms with van der Waals surface area (Å²) in [6.07, 6.45) is -4.46. The highest BCUT2D eigenvalue weighted by Crippen LogP contribution is 2.25. The summed E-state index contributed by atoms with van der Waals surface area (Å²) >= 11 is 0. The molecule has 1 aromatic rings. The third-order valence-corrected chi connectivity index (χ3v) is 2.60. The quantitative estimate of drug-likeness (QED) is 0.836. The van der Waals surface area contributed by atoms with Gasteiger partial charge in [0.1, 0.15) is 12.7 Å². The predicted octanol–water partition coefficient (Wildman–Crippen LogP) is 2.21. The SMILES string of the molecule is CC(OCC(F)(F)F)c1nc(C2CCOC2)no1. The van der Waals surface area contributed by atoms with Crippen molar-refractivity contribution in [2.75, 3.05) is 19.8 Å². The van der Waals surface area contributed by atoms with E-state index in [0.29, 0.717) is 19.0 Å². The Balaban J connectivity index is 1.92. The second-order valence-electron chi connectivity index (χ2n) is 4.12. The average Bonchev–Trinajstić information content (AvgIpc) is 2.94. The lowest BCUT2D eigenvalue weighted by Crippen LogP contribution is -2.18. The second-order valence-corrected chi connectivity index (χ2v) is 4.12. The molecule has 1 saturated heterocycles. The number of aromatic nitrogens is 2. The number of alkyl halides is 3. The molecule has 2 rings (SSSR count). The van der Waals surface area contributed by atoms with E-state index in [1.165, 1.54) is 6.92 Å². The number of ether oxygens (including phenoxy) is 2. The van der Waals surface area contributed by atoms with E-state index in [4.69, 9.17) is 9.26 Å². The molecule has 1 fully saturated rings. The van der Waals surface area contributed by atoms with Crippen molar-refractivity contribution in [2.45, 2.75) is 31.5 Å². The molecule has 0 radical (unpaired) electrons. The van der Waals surface area contributed by atoms with Crippen molar-refractivity contribution >= 4 is 0 Å². The first-order chi connectivity index (χ1) is 8.46. The number of hydrogen-bond donors (Lipinski definition) is 0. The Kier molecular flexibility index (Phi) is 3.86. The van der Waals surface area contributed by atoms with E-state index in [2.05, 4.69) is 14.9 Å². The Morgan fingerprint density at radius 3 is 2.89 bits per heavy atom. The fourth-order valence-corrected chi connectivity index (χ4v) is 1.61. The molecule has 8 heteroatoms. The molecule has 1 aliphatic heterocycles. The third kappa shape index (κ3) is 3.42. The first-order valence-electron chi connectivity index (χ1n) is 5.55. The Labute approximate surface area is 101 Å². The van der Waals surface area contributed by atoms with Gasteiger partial charge in [0.25, 0.3) is 5.89 Å². The van der Waals surface area contributed by atoms with E-state index in [1.807, 2.05) is 0 Å². The van der Waals surface area contributed by atoms with Gasteiger partial charge in [-0.3, -0.25) is 0 Å². The fraction of sp³-hybridized carbons (Fsp3) is 0.800. The third-order valence-electron chi connectivity index (χ3n) is 2.60. The largest absolute Gasteiger partial charge is 0.411 e. The van der Waals surface area contributed by atoms with Gasteiger partial charge in [0.15, 0.2) is 5.82 Å². The first-order valence-corrected chi connectivity index (χ1v) is 5.55. The van der Waals surface area contributed by atoms with Gasteiger partial charge in [-0.1, -0.05) is 5.16 Å². The van der Waals surface area contributed by atoms with Crippen LogP contribution in [0.15, 0.2) is 4.52 Å². The molecule has 0 aromatic carbocycles. The molecular formula is C10H13F3N2O3. The maximum absolute atomic E-state index is 12.0. The topological polar surface area (TPSA) is 57.4 Å². The van der Waals surface area contributed by atoms with Crippen molar-refractivity contribution < 1.29 is 27.2 Å². The van der Waals surface area contributed by atoms with Gasteiger partial charge in [-0.2, -0.15) is 18.2 Å². The molecule has 0 N–H and O–H groups in total. The van der Waals surface area contributed by atoms with Crippen LogP contribution in [0.4, 0.5) is 13.2 Å². The molecule has 0 amide bonds. The molecule has 0 spiro atoms. The highest BCUT2D eigenvalue weighted by atomic mass is 19.4. The van der Waals surface area contributed by atoms with E-state index in [0.717, 1.165) is 6.42 Å². The van der Waals surface area contributed by atoms with E-state index < -0.39 is 18.9 Å². The minimum atomic E-state index is -4.36. The van der Waals surface area contributed by atoms with Crippen molar-refractivity contribution in [3.63, 3.8) is 0 Å². The van der Waals surface area contributed by atoms with Crippen molar-refractivity contribution in [3.05, 3.63) is 11.7 Å². The van der Waals surface area contributed by atoms with Crippen LogP contribution in [0, 0.1) is 0 Å². The van der Waals surface area contributed by atoms with E-state index in [9.17, 15) is 13.2 Å². The summed E-state index contributed by atoms with van der Waals surface area (Å²) < 4.78 is 50.6. The van der Waals surface area contributed by atoms with Gasteiger partial charge >= 0.3 is 6.18 Å². The molecule has 1 aromatic heterocycles. The number of rotatable bonds is 4. The summed E-state index contributed by atoms with van der Waals surface area (Å²) in [7, 11) is 0. The molecule has 102 valence electrons. The zero-order valence-electron chi connectivity index (χ0n) is 9.74. The lowest BCUT2D eigenvalue weighted by molar-refractivity contribution is -0.186. The van der Waals surface area contributed by atoms with Gasteiger partial charge in [0, 0.05) is 12.5 Å². The lowest BCUT2D eigenvalue weighted by atomic mass is 10.1. The highest BCUT2D eigenvalue weighted by molar-refractivity contribution is 4.98. The summed E-state index contributed by atoms with van der Waals surface area (Å²) in [5, 5.41) is 3.74. The molecule has 1 aliphatic rings. The number of nitrogens with zero attached hydrogens (tertiary/aromatic N) is 2. The number of hydrogen-bond acceptors (Lipinski definition) is 5. The highest BCUT2D eigenvalue weighted by Gasteiger charge is 2.30. The second kappa shape index (κ2) is 5.23. The average molecular weight is 266 g/mol. The van der Waals surface area contributed by atoms with E-state index in [1.54, 1.807) is 0 Å². The predicted molar refractivity (Wildman–Crippen MR) is 52.9 cm³/mol. The standard InChI is InChI=1S/C10H13F3N2O3/c1-6(17-5-10(11,12)13)9-14-8(15-18-9)7-2-3-16-4-7/h6-7H,2-5H2,1H3. The van der Waals surface area contributed by atoms with Crippen molar-refractivity contribution in [1.82, 2.24) is 10.1 Å². The van der Waals surface area contributed by atoms with Gasteiger partial charge in [0.2, 0.25) is 0 Å². The Bertz CT molecular complexity index is 388. The Hall–Kier alpha value is -1.15. The molecule has 5 nitrogen and oxygen atoms in total. The van der Waals surface area contributed by atoms with E-state index >= 15 is 0 Å². The van der Waals surface area contributed by atoms with Crippen molar-refractivity contribution in [3.8, 4) is 0 Å². The van der Waals surface area contributed by atoms with Crippen LogP contribution < -0.4 is 0 Å². The van der Waals surface area contributed by atoms with Gasteiger partial charge in [0.05, 0.1) is 6.61 Å². The minimum Gasteiger partial charge on any atom is -0.381 e. The van der Waals surface area contributed by atoms with Crippen LogP contribution in [0.2, 0.25) is 0 Å². The van der Waals surface area contributed by atoms with Gasteiger partial charge < -0.3 is 14.0 Å². The lowest BCUT2D eigenvalue weighted by Gasteiger charge is -2.10. The van der Waals surface area contributed by atoms with Crippen molar-refractivity contribution in [2.24, 2.45) is 0 Å². The van der Waals surface area contributed by atoms with Crippen molar-refractivity contribution in [1.29, 1.82) is 0 Å². The smallest absolute Gasteiger partial charge is 0.381 e. The molecule has 0 saturated carbocycles. The molecule has 2 unspecified atom stereocenters. The van der Waals surface area contributed by atoms with Crippen LogP contribution in [0.3, 0.4) is 0 Å². The maximum atomic E-state index is 12.0. The zero-order valence-corrected chi connectivity index (χ0v) is 9.74. The summed E-state index contributed by atoms with van der Waals surface area (Å²) in [6, 6.07) is 0. The van der Waals surface area contributed by atoms with Gasteiger partial charge in [-0.15, -0.1) is 0 Å². The van der Waals surface area contributed by atoms with Crippen LogP contribution in [0.5, 0.6) is 0 Å². The van der Waals surface area contributed by atoms with Crippen LogP contribution in [0.1, 0.15) is 37.1 Å². The maximum Gasteiger partial charge on any atom is 0.411 e. The molecular weight excluding hydrogens is 253 g/mol. The molecule has 18 heavy (non-hydrogen) atoms. The molecule has 0 bridgehead atoms. The van der Waals surface area contributed by atoms with Crippen LogP contribution >= 0.6 is 0 Å². The Morgan fingerprint density at radius 2 is 2.28 bits per heavy atom. The normalized spacial score (nSPS) is 22.3. The summed E-state index contributed by atoms with van der Waals surface area (Å²) in [5.41, 5.74) is 0. The monoisotopic (exact) mass is 266 g/mol. The van der Waals surface area contributed by atoms with Gasteiger partial charge in [-0.25, -0.2) is 0 Å². The fourth-order valence-electron chi connectivity index (χ4n) is 1.61. The van der Waals surface area contributed by atoms with Crippen LogP contribution in [-0.2, 0) is 9.47 Å². The molecule has 2 atom stereocenters.